The third-order valence-electron chi connectivity index (χ3n) is 4.21. The molecule has 1 heterocycles. The number of nitrogens with one attached hydrogen (secondary N) is 1. The van der Waals surface area contributed by atoms with Crippen LogP contribution in [0, 0.1) is 0 Å². The SMILES string of the molecule is COc1cc(CCC(=O)Nc2ccc(-c3nccs3)cc2)cc(OC)c1OC. The van der Waals surface area contributed by atoms with E-state index in [1.54, 1.807) is 38.9 Å². The van der Waals surface area contributed by atoms with Crippen LogP contribution in [0.15, 0.2) is 48.0 Å². The molecule has 146 valence electrons. The van der Waals surface area contributed by atoms with Crippen molar-refractivity contribution in [3.8, 4) is 27.8 Å². The number of thiazole rings is 1. The molecule has 3 aromatic rings. The van der Waals surface area contributed by atoms with Crippen LogP contribution >= 0.6 is 11.3 Å². The van der Waals surface area contributed by atoms with Crippen molar-refractivity contribution in [2.45, 2.75) is 12.8 Å². The van der Waals surface area contributed by atoms with Crippen molar-refractivity contribution in [3.63, 3.8) is 0 Å². The zero-order valence-corrected chi connectivity index (χ0v) is 16.8. The Bertz CT molecular complexity index is 899. The van der Waals surface area contributed by atoms with Crippen LogP contribution < -0.4 is 19.5 Å². The molecule has 1 aromatic heterocycles. The van der Waals surface area contributed by atoms with E-state index in [0.29, 0.717) is 30.1 Å². The Kier molecular flexibility index (Phi) is 6.49. The molecule has 0 aliphatic heterocycles. The maximum absolute atomic E-state index is 12.3. The summed E-state index contributed by atoms with van der Waals surface area (Å²) in [5.41, 5.74) is 2.73. The van der Waals surface area contributed by atoms with E-state index in [1.807, 2.05) is 41.8 Å². The van der Waals surface area contributed by atoms with Gasteiger partial charge in [-0.15, -0.1) is 11.3 Å². The average molecular weight is 398 g/mol. The molecule has 0 aliphatic carbocycles. The van der Waals surface area contributed by atoms with Gasteiger partial charge in [0.1, 0.15) is 5.01 Å². The Hall–Kier alpha value is -3.06. The number of nitrogens with zero attached hydrogens (tertiary/aromatic N) is 1. The van der Waals surface area contributed by atoms with Crippen LogP contribution in [0.3, 0.4) is 0 Å². The molecule has 0 fully saturated rings. The molecular formula is C21H22N2O4S. The van der Waals surface area contributed by atoms with Crippen LogP contribution in [0.25, 0.3) is 10.6 Å². The highest BCUT2D eigenvalue weighted by Crippen LogP contribution is 2.38. The van der Waals surface area contributed by atoms with Crippen molar-refractivity contribution in [2.24, 2.45) is 0 Å². The molecule has 6 nitrogen and oxygen atoms in total. The van der Waals surface area contributed by atoms with E-state index in [0.717, 1.165) is 21.8 Å². The minimum Gasteiger partial charge on any atom is -0.493 e. The highest BCUT2D eigenvalue weighted by molar-refractivity contribution is 7.13. The number of aromatic nitrogens is 1. The summed E-state index contributed by atoms with van der Waals surface area (Å²) >= 11 is 1.58. The second kappa shape index (κ2) is 9.23. The molecule has 0 unspecified atom stereocenters. The first-order valence-corrected chi connectivity index (χ1v) is 9.61. The first kappa shape index (κ1) is 19.7. The van der Waals surface area contributed by atoms with E-state index in [2.05, 4.69) is 10.3 Å². The van der Waals surface area contributed by atoms with Gasteiger partial charge in [0.05, 0.1) is 21.3 Å². The first-order valence-electron chi connectivity index (χ1n) is 8.73. The molecule has 0 spiro atoms. The Morgan fingerprint density at radius 2 is 1.71 bits per heavy atom. The third kappa shape index (κ3) is 4.61. The highest BCUT2D eigenvalue weighted by atomic mass is 32.1. The summed E-state index contributed by atoms with van der Waals surface area (Å²) in [5.74, 6) is 1.64. The predicted molar refractivity (Wildman–Crippen MR) is 111 cm³/mol. The normalized spacial score (nSPS) is 10.4. The van der Waals surface area contributed by atoms with Gasteiger partial charge in [0, 0.05) is 29.2 Å². The quantitative estimate of drug-likeness (QED) is 0.609. The number of hydrogen-bond acceptors (Lipinski definition) is 6. The summed E-state index contributed by atoms with van der Waals surface area (Å²) in [6.07, 6.45) is 2.67. The minimum absolute atomic E-state index is 0.0595. The van der Waals surface area contributed by atoms with Gasteiger partial charge in [0.15, 0.2) is 11.5 Å². The Morgan fingerprint density at radius 3 is 2.25 bits per heavy atom. The van der Waals surface area contributed by atoms with E-state index >= 15 is 0 Å². The predicted octanol–water partition coefficient (Wildman–Crippen LogP) is 4.41. The third-order valence-corrected chi connectivity index (χ3v) is 5.04. The van der Waals surface area contributed by atoms with Crippen molar-refractivity contribution in [1.82, 2.24) is 4.98 Å². The molecule has 0 saturated carbocycles. The summed E-state index contributed by atoms with van der Waals surface area (Å²) in [6.45, 7) is 0. The molecule has 0 radical (unpaired) electrons. The number of rotatable bonds is 8. The van der Waals surface area contributed by atoms with Crippen LogP contribution in [0.5, 0.6) is 17.2 Å². The molecule has 2 aromatic carbocycles. The fourth-order valence-electron chi connectivity index (χ4n) is 2.82. The van der Waals surface area contributed by atoms with Gasteiger partial charge in [-0.25, -0.2) is 4.98 Å². The largest absolute Gasteiger partial charge is 0.493 e. The van der Waals surface area contributed by atoms with Crippen LogP contribution in [-0.2, 0) is 11.2 Å². The maximum atomic E-state index is 12.3. The Labute approximate surface area is 168 Å². The van der Waals surface area contributed by atoms with Crippen LogP contribution in [-0.4, -0.2) is 32.2 Å². The van der Waals surface area contributed by atoms with Gasteiger partial charge < -0.3 is 19.5 Å². The number of hydrogen-bond donors (Lipinski definition) is 1. The monoisotopic (exact) mass is 398 g/mol. The zero-order valence-electron chi connectivity index (χ0n) is 16.0. The van der Waals surface area contributed by atoms with Crippen molar-refractivity contribution in [2.75, 3.05) is 26.6 Å². The zero-order chi connectivity index (χ0) is 19.9. The molecule has 7 heteroatoms. The van der Waals surface area contributed by atoms with Gasteiger partial charge in [-0.2, -0.15) is 0 Å². The summed E-state index contributed by atoms with van der Waals surface area (Å²) in [6, 6.07) is 11.4. The lowest BCUT2D eigenvalue weighted by Crippen LogP contribution is -2.12. The Morgan fingerprint density at radius 1 is 1.04 bits per heavy atom. The smallest absolute Gasteiger partial charge is 0.224 e. The van der Waals surface area contributed by atoms with Crippen LogP contribution in [0.1, 0.15) is 12.0 Å². The van der Waals surface area contributed by atoms with Gasteiger partial charge in [0.2, 0.25) is 11.7 Å². The molecule has 0 saturated heterocycles. The van der Waals surface area contributed by atoms with Gasteiger partial charge in [-0.3, -0.25) is 4.79 Å². The molecule has 0 atom stereocenters. The standard InChI is InChI=1S/C21H22N2O4S/c1-25-17-12-14(13-18(26-2)20(17)27-3)4-9-19(24)23-16-7-5-15(6-8-16)21-22-10-11-28-21/h5-8,10-13H,4,9H2,1-3H3,(H,23,24). The number of anilines is 1. The van der Waals surface area contributed by atoms with E-state index in [9.17, 15) is 4.79 Å². The van der Waals surface area contributed by atoms with Gasteiger partial charge >= 0.3 is 0 Å². The number of methoxy groups -OCH3 is 3. The number of carbonyl (C=O) groups is 1. The summed E-state index contributed by atoms with van der Waals surface area (Å²) in [7, 11) is 4.71. The van der Waals surface area contributed by atoms with E-state index in [4.69, 9.17) is 14.2 Å². The minimum atomic E-state index is -0.0595. The molecule has 0 aliphatic rings. The number of carbonyl (C=O) groups excluding carboxylic acids is 1. The number of amides is 1. The molecule has 0 bridgehead atoms. The number of ether oxygens (including phenoxy) is 3. The average Bonchev–Trinajstić information content (AvgIpc) is 3.26. The van der Waals surface area contributed by atoms with E-state index in [1.165, 1.54) is 0 Å². The molecule has 28 heavy (non-hydrogen) atoms. The maximum Gasteiger partial charge on any atom is 0.224 e. The fourth-order valence-corrected chi connectivity index (χ4v) is 3.47. The van der Waals surface area contributed by atoms with Gasteiger partial charge in [-0.05, 0) is 48.4 Å². The van der Waals surface area contributed by atoms with Crippen molar-refractivity contribution in [1.29, 1.82) is 0 Å². The van der Waals surface area contributed by atoms with Crippen molar-refractivity contribution in [3.05, 3.63) is 53.5 Å². The summed E-state index contributed by atoms with van der Waals surface area (Å²) < 4.78 is 16.0. The van der Waals surface area contributed by atoms with Crippen molar-refractivity contribution >= 4 is 22.9 Å². The fraction of sp³-hybridized carbons (Fsp3) is 0.238. The lowest BCUT2D eigenvalue weighted by Gasteiger charge is -2.14. The lowest BCUT2D eigenvalue weighted by molar-refractivity contribution is -0.116. The highest BCUT2D eigenvalue weighted by Gasteiger charge is 2.14. The summed E-state index contributed by atoms with van der Waals surface area (Å²) in [5, 5.41) is 5.82. The van der Waals surface area contributed by atoms with Gasteiger partial charge in [-0.1, -0.05) is 0 Å². The number of benzene rings is 2. The molecule has 1 N–H and O–H groups in total. The van der Waals surface area contributed by atoms with Crippen molar-refractivity contribution < 1.29 is 19.0 Å². The van der Waals surface area contributed by atoms with Crippen LogP contribution in [0.4, 0.5) is 5.69 Å². The molecule has 3 rings (SSSR count). The molecule has 1 amide bonds. The number of aryl methyl sites for hydroxylation is 1. The lowest BCUT2D eigenvalue weighted by atomic mass is 10.1. The summed E-state index contributed by atoms with van der Waals surface area (Å²) in [4.78, 5) is 16.6. The van der Waals surface area contributed by atoms with E-state index < -0.39 is 0 Å². The van der Waals surface area contributed by atoms with E-state index in [-0.39, 0.29) is 5.91 Å². The second-order valence-corrected chi connectivity index (χ2v) is 6.89. The topological polar surface area (TPSA) is 69.7 Å². The Balaban J connectivity index is 1.61. The first-order chi connectivity index (χ1) is 13.6. The van der Waals surface area contributed by atoms with Gasteiger partial charge in [0.25, 0.3) is 0 Å². The van der Waals surface area contributed by atoms with Crippen LogP contribution in [0.2, 0.25) is 0 Å². The molecular weight excluding hydrogens is 376 g/mol. The second-order valence-electron chi connectivity index (χ2n) is 6.00.